The van der Waals surface area contributed by atoms with Crippen LogP contribution in [0.4, 0.5) is 9.52 Å². The molecule has 1 aliphatic rings. The Balaban J connectivity index is 1.44. The van der Waals surface area contributed by atoms with Gasteiger partial charge in [0, 0.05) is 5.75 Å². The number of aliphatic hydroxyl groups is 1. The van der Waals surface area contributed by atoms with Crippen LogP contribution in [0.1, 0.15) is 53.9 Å². The summed E-state index contributed by atoms with van der Waals surface area (Å²) in [6, 6.07) is 15.6. The maximum atomic E-state index is 14.1. The number of carbonyl (C=O) groups is 2. The fourth-order valence-electron chi connectivity index (χ4n) is 4.29. The van der Waals surface area contributed by atoms with Crippen LogP contribution < -0.4 is 9.64 Å². The van der Waals surface area contributed by atoms with Gasteiger partial charge in [-0.05, 0) is 47.9 Å². The number of hydrogen-bond acceptors (Lipinski definition) is 9. The number of nitrogens with zero attached hydrogens (tertiary/aromatic N) is 3. The van der Waals surface area contributed by atoms with Crippen molar-refractivity contribution in [1.29, 1.82) is 0 Å². The molecular formula is C29H26FN3O5S2. The van der Waals surface area contributed by atoms with Gasteiger partial charge in [0.2, 0.25) is 10.9 Å². The van der Waals surface area contributed by atoms with E-state index < -0.39 is 23.5 Å². The number of Topliss-reactive ketones (excluding diaryl/α,β-unsaturated/α-hetero) is 1. The molecule has 4 aromatic rings. The van der Waals surface area contributed by atoms with Gasteiger partial charge in [0.15, 0.2) is 15.9 Å². The number of anilines is 1. The summed E-state index contributed by atoms with van der Waals surface area (Å²) >= 11 is 2.39. The first kappa shape index (κ1) is 27.6. The van der Waals surface area contributed by atoms with E-state index in [9.17, 15) is 19.1 Å². The van der Waals surface area contributed by atoms with Crippen LogP contribution in [0.25, 0.3) is 0 Å². The number of furan rings is 1. The van der Waals surface area contributed by atoms with Gasteiger partial charge < -0.3 is 14.3 Å². The van der Waals surface area contributed by atoms with Crippen LogP contribution in [0.15, 0.2) is 87.0 Å². The van der Waals surface area contributed by atoms with E-state index in [4.69, 9.17) is 9.15 Å². The lowest BCUT2D eigenvalue weighted by Gasteiger charge is -2.24. The number of halogens is 1. The van der Waals surface area contributed by atoms with Crippen molar-refractivity contribution in [2.45, 2.75) is 42.3 Å². The Bertz CT molecular complexity index is 1520. The van der Waals surface area contributed by atoms with Crippen LogP contribution in [0.5, 0.6) is 5.75 Å². The van der Waals surface area contributed by atoms with E-state index in [1.165, 1.54) is 35.1 Å². The number of rotatable bonds is 12. The van der Waals surface area contributed by atoms with Gasteiger partial charge in [0.05, 0.1) is 24.5 Å². The fourth-order valence-corrected chi connectivity index (χ4v) is 6.15. The SMILES string of the molecule is CCCCCOc1ccc(C2C(C(=O)c3ccco3)=C(O)C(=O)N2c2nnc(SCc3ccccc3F)s2)cc1. The molecule has 1 N–H and O–H groups in total. The molecule has 1 aliphatic heterocycles. The topological polar surface area (TPSA) is 106 Å². The average molecular weight is 580 g/mol. The summed E-state index contributed by atoms with van der Waals surface area (Å²) in [6.07, 6.45) is 4.45. The summed E-state index contributed by atoms with van der Waals surface area (Å²) in [7, 11) is 0. The first-order valence-corrected chi connectivity index (χ1v) is 14.6. The molecule has 0 saturated carbocycles. The van der Waals surface area contributed by atoms with Gasteiger partial charge in [-0.1, -0.05) is 73.2 Å². The molecule has 0 saturated heterocycles. The van der Waals surface area contributed by atoms with E-state index in [-0.39, 0.29) is 22.3 Å². The van der Waals surface area contributed by atoms with Crippen LogP contribution in [-0.2, 0) is 10.5 Å². The number of thioether (sulfide) groups is 1. The van der Waals surface area contributed by atoms with Crippen molar-refractivity contribution >= 4 is 39.9 Å². The quantitative estimate of drug-likeness (QED) is 0.0835. The van der Waals surface area contributed by atoms with Gasteiger partial charge in [-0.15, -0.1) is 10.2 Å². The zero-order valence-corrected chi connectivity index (χ0v) is 23.2. The van der Waals surface area contributed by atoms with Crippen molar-refractivity contribution in [3.63, 3.8) is 0 Å². The summed E-state index contributed by atoms with van der Waals surface area (Å²) in [6.45, 7) is 2.71. The summed E-state index contributed by atoms with van der Waals surface area (Å²) < 4.78 is 25.7. The zero-order chi connectivity index (χ0) is 28.1. The molecule has 5 rings (SSSR count). The van der Waals surface area contributed by atoms with E-state index in [1.807, 2.05) is 0 Å². The number of aromatic nitrogens is 2. The third kappa shape index (κ3) is 5.80. The summed E-state index contributed by atoms with van der Waals surface area (Å²) in [5.41, 5.74) is 0.971. The number of carbonyl (C=O) groups excluding carboxylic acids is 2. The number of hydrogen-bond donors (Lipinski definition) is 1. The molecule has 11 heteroatoms. The molecule has 0 fully saturated rings. The standard InChI is InChI=1S/C29H26FN3O5S2/c1-2-3-6-15-37-20-13-11-18(12-14-20)24-23(25(34)22-10-7-16-38-22)26(35)27(36)33(24)28-31-32-29(40-28)39-17-19-8-4-5-9-21(19)30/h4-5,7-14,16,24,35H,2-3,6,15,17H2,1H3. The monoisotopic (exact) mass is 579 g/mol. The first-order chi connectivity index (χ1) is 19.5. The van der Waals surface area contributed by atoms with Crippen molar-refractivity contribution in [2.24, 2.45) is 0 Å². The lowest BCUT2D eigenvalue weighted by atomic mass is 9.95. The summed E-state index contributed by atoms with van der Waals surface area (Å²) in [5.74, 6) is -1.40. The van der Waals surface area contributed by atoms with Gasteiger partial charge in [0.1, 0.15) is 11.6 Å². The Morgan fingerprint density at radius 3 is 2.65 bits per heavy atom. The minimum absolute atomic E-state index is 0.00419. The molecule has 2 aromatic carbocycles. The normalized spacial score (nSPS) is 15.2. The molecule has 1 unspecified atom stereocenters. The number of benzene rings is 2. The molecule has 0 radical (unpaired) electrons. The number of unbranched alkanes of at least 4 members (excludes halogenated alkanes) is 2. The summed E-state index contributed by atoms with van der Waals surface area (Å²) in [4.78, 5) is 28.0. The molecule has 3 heterocycles. The van der Waals surface area contributed by atoms with E-state index in [0.717, 1.165) is 30.6 Å². The van der Waals surface area contributed by atoms with Gasteiger partial charge >= 0.3 is 0 Å². The third-order valence-electron chi connectivity index (χ3n) is 6.32. The first-order valence-electron chi connectivity index (χ1n) is 12.7. The summed E-state index contributed by atoms with van der Waals surface area (Å²) in [5, 5.41) is 19.5. The van der Waals surface area contributed by atoms with E-state index >= 15 is 0 Å². The highest BCUT2D eigenvalue weighted by molar-refractivity contribution is 8.00. The Kier molecular flexibility index (Phi) is 8.61. The van der Waals surface area contributed by atoms with Crippen molar-refractivity contribution in [3.05, 3.63) is 101 Å². The number of ketones is 1. The largest absolute Gasteiger partial charge is 0.503 e. The van der Waals surface area contributed by atoms with Crippen LogP contribution >= 0.6 is 23.1 Å². The van der Waals surface area contributed by atoms with Gasteiger partial charge in [-0.2, -0.15) is 0 Å². The highest BCUT2D eigenvalue weighted by atomic mass is 32.2. The molecular weight excluding hydrogens is 553 g/mol. The number of ether oxygens (including phenoxy) is 1. The Hall–Kier alpha value is -3.96. The lowest BCUT2D eigenvalue weighted by Crippen LogP contribution is -2.31. The Morgan fingerprint density at radius 2 is 1.93 bits per heavy atom. The number of amides is 1. The van der Waals surface area contributed by atoms with Crippen LogP contribution in [0.2, 0.25) is 0 Å². The van der Waals surface area contributed by atoms with Gasteiger partial charge in [0.25, 0.3) is 5.91 Å². The highest BCUT2D eigenvalue weighted by Crippen LogP contribution is 2.44. The van der Waals surface area contributed by atoms with E-state index in [2.05, 4.69) is 17.1 Å². The smallest absolute Gasteiger partial charge is 0.296 e. The minimum Gasteiger partial charge on any atom is -0.503 e. The predicted octanol–water partition coefficient (Wildman–Crippen LogP) is 6.91. The second-order valence-electron chi connectivity index (χ2n) is 9.00. The van der Waals surface area contributed by atoms with Crippen molar-refractivity contribution in [1.82, 2.24) is 10.2 Å². The molecule has 0 bridgehead atoms. The third-order valence-corrected chi connectivity index (χ3v) is 8.43. The molecule has 8 nitrogen and oxygen atoms in total. The average Bonchev–Trinajstić information content (AvgIpc) is 3.72. The van der Waals surface area contributed by atoms with Gasteiger partial charge in [-0.3, -0.25) is 14.5 Å². The lowest BCUT2D eigenvalue weighted by molar-refractivity contribution is -0.117. The zero-order valence-electron chi connectivity index (χ0n) is 21.6. The molecule has 0 aliphatic carbocycles. The fraction of sp³-hybridized carbons (Fsp3) is 0.241. The highest BCUT2D eigenvalue weighted by Gasteiger charge is 2.46. The molecule has 2 aromatic heterocycles. The molecule has 206 valence electrons. The van der Waals surface area contributed by atoms with E-state index in [1.54, 1.807) is 48.5 Å². The molecule has 40 heavy (non-hydrogen) atoms. The maximum absolute atomic E-state index is 14.1. The predicted molar refractivity (Wildman–Crippen MR) is 150 cm³/mol. The Labute approximate surface area is 238 Å². The molecule has 1 atom stereocenters. The maximum Gasteiger partial charge on any atom is 0.296 e. The van der Waals surface area contributed by atoms with Crippen LogP contribution in [0, 0.1) is 5.82 Å². The number of aliphatic hydroxyl groups excluding tert-OH is 1. The second kappa shape index (κ2) is 12.5. The minimum atomic E-state index is -0.975. The van der Waals surface area contributed by atoms with Crippen molar-refractivity contribution < 1.29 is 28.2 Å². The van der Waals surface area contributed by atoms with Crippen LogP contribution in [-0.4, -0.2) is 33.6 Å². The van der Waals surface area contributed by atoms with Gasteiger partial charge in [-0.25, -0.2) is 4.39 Å². The van der Waals surface area contributed by atoms with E-state index in [0.29, 0.717) is 33.6 Å². The molecule has 0 spiro atoms. The van der Waals surface area contributed by atoms with Crippen molar-refractivity contribution in [3.8, 4) is 5.75 Å². The second-order valence-corrected chi connectivity index (χ2v) is 11.2. The van der Waals surface area contributed by atoms with Crippen molar-refractivity contribution in [2.75, 3.05) is 11.5 Å². The molecule has 1 amide bonds. The Morgan fingerprint density at radius 1 is 1.12 bits per heavy atom. The van der Waals surface area contributed by atoms with Crippen LogP contribution in [0.3, 0.4) is 0 Å².